The molecule has 9 heteroatoms. The van der Waals surface area contributed by atoms with Crippen LogP contribution in [0.1, 0.15) is 37.1 Å². The standard InChI is InChI=1S/C15H24N6O2S/c1-10(2)15-19-14(9-21(15)6)24(22,23)16-8-12-17-11(3)7-13(18-12)20(4)5/h7,9-10,16H,8H2,1-6H3. The smallest absolute Gasteiger partial charge is 0.260 e. The molecule has 0 atom stereocenters. The number of aryl methyl sites for hydroxylation is 2. The lowest BCUT2D eigenvalue weighted by atomic mass is 10.2. The molecule has 0 unspecified atom stereocenters. The fourth-order valence-electron chi connectivity index (χ4n) is 2.27. The van der Waals surface area contributed by atoms with Gasteiger partial charge in [-0.05, 0) is 6.92 Å². The zero-order valence-electron chi connectivity index (χ0n) is 14.9. The van der Waals surface area contributed by atoms with E-state index in [0.29, 0.717) is 5.82 Å². The van der Waals surface area contributed by atoms with E-state index in [4.69, 9.17) is 0 Å². The van der Waals surface area contributed by atoms with Crippen LogP contribution in [0.3, 0.4) is 0 Å². The van der Waals surface area contributed by atoms with E-state index in [2.05, 4.69) is 19.7 Å². The van der Waals surface area contributed by atoms with Gasteiger partial charge in [0.05, 0.1) is 6.54 Å². The molecule has 0 amide bonds. The van der Waals surface area contributed by atoms with E-state index in [9.17, 15) is 8.42 Å². The Labute approximate surface area is 143 Å². The van der Waals surface area contributed by atoms with E-state index in [1.54, 1.807) is 11.6 Å². The number of anilines is 1. The van der Waals surface area contributed by atoms with Crippen LogP contribution in [0.4, 0.5) is 5.82 Å². The normalized spacial score (nSPS) is 12.0. The highest BCUT2D eigenvalue weighted by molar-refractivity contribution is 7.89. The second kappa shape index (κ2) is 6.86. The predicted octanol–water partition coefficient (Wildman–Crippen LogP) is 1.19. The van der Waals surface area contributed by atoms with Crippen LogP contribution in [0.25, 0.3) is 0 Å². The first kappa shape index (κ1) is 18.3. The number of nitrogens with one attached hydrogen (secondary N) is 1. The van der Waals surface area contributed by atoms with E-state index in [0.717, 1.165) is 17.3 Å². The Morgan fingerprint density at radius 2 is 1.92 bits per heavy atom. The molecule has 1 N–H and O–H groups in total. The van der Waals surface area contributed by atoms with Crippen molar-refractivity contribution < 1.29 is 8.42 Å². The Kier molecular flexibility index (Phi) is 5.24. The zero-order chi connectivity index (χ0) is 18.1. The number of sulfonamides is 1. The first-order chi connectivity index (χ1) is 11.1. The fraction of sp³-hybridized carbons (Fsp3) is 0.533. The summed E-state index contributed by atoms with van der Waals surface area (Å²) in [5, 5.41) is 0.00851. The van der Waals surface area contributed by atoms with Gasteiger partial charge in [-0.2, -0.15) is 0 Å². The van der Waals surface area contributed by atoms with Crippen LogP contribution in [0.5, 0.6) is 0 Å². The van der Waals surface area contributed by atoms with Crippen LogP contribution >= 0.6 is 0 Å². The molecule has 0 aliphatic rings. The molecule has 0 aliphatic carbocycles. The molecular weight excluding hydrogens is 328 g/mol. The maximum Gasteiger partial charge on any atom is 0.260 e. The lowest BCUT2D eigenvalue weighted by molar-refractivity contribution is 0.575. The van der Waals surface area contributed by atoms with Gasteiger partial charge in [-0.25, -0.2) is 28.1 Å². The average molecular weight is 352 g/mol. The van der Waals surface area contributed by atoms with Gasteiger partial charge >= 0.3 is 0 Å². The molecule has 0 bridgehead atoms. The highest BCUT2D eigenvalue weighted by Crippen LogP contribution is 2.16. The quantitative estimate of drug-likeness (QED) is 0.839. The van der Waals surface area contributed by atoms with Crippen molar-refractivity contribution in [3.8, 4) is 0 Å². The number of rotatable bonds is 6. The van der Waals surface area contributed by atoms with E-state index in [1.165, 1.54) is 6.20 Å². The van der Waals surface area contributed by atoms with Gasteiger partial charge in [-0.1, -0.05) is 13.8 Å². The molecule has 0 radical (unpaired) electrons. The minimum absolute atomic E-state index is 0.00851. The summed E-state index contributed by atoms with van der Waals surface area (Å²) >= 11 is 0. The summed E-state index contributed by atoms with van der Waals surface area (Å²) in [6.07, 6.45) is 1.51. The summed E-state index contributed by atoms with van der Waals surface area (Å²) in [6.45, 7) is 5.80. The van der Waals surface area contributed by atoms with Crippen LogP contribution in [-0.2, 0) is 23.6 Å². The molecule has 0 spiro atoms. The molecule has 0 saturated carbocycles. The Morgan fingerprint density at radius 3 is 2.46 bits per heavy atom. The van der Waals surface area contributed by atoms with Gasteiger partial charge in [0, 0.05) is 45.0 Å². The molecule has 24 heavy (non-hydrogen) atoms. The van der Waals surface area contributed by atoms with Crippen LogP contribution < -0.4 is 9.62 Å². The number of aromatic nitrogens is 4. The minimum atomic E-state index is -3.72. The van der Waals surface area contributed by atoms with Crippen molar-refractivity contribution in [2.45, 2.75) is 38.3 Å². The summed E-state index contributed by atoms with van der Waals surface area (Å²) in [5.41, 5.74) is 0.780. The first-order valence-corrected chi connectivity index (χ1v) is 9.13. The van der Waals surface area contributed by atoms with Crippen molar-refractivity contribution in [3.63, 3.8) is 0 Å². The number of imidazole rings is 1. The molecule has 2 aromatic heterocycles. The molecule has 8 nitrogen and oxygen atoms in total. The molecule has 132 valence electrons. The second-order valence-corrected chi connectivity index (χ2v) is 7.92. The van der Waals surface area contributed by atoms with E-state index in [-0.39, 0.29) is 17.5 Å². The molecule has 0 aromatic carbocycles. The summed E-state index contributed by atoms with van der Waals surface area (Å²) in [5.74, 6) is 2.01. The van der Waals surface area contributed by atoms with Crippen LogP contribution in [0.15, 0.2) is 17.3 Å². The molecule has 2 aromatic rings. The van der Waals surface area contributed by atoms with Gasteiger partial charge in [0.1, 0.15) is 17.5 Å². The first-order valence-electron chi connectivity index (χ1n) is 7.65. The molecule has 0 aliphatic heterocycles. The summed E-state index contributed by atoms with van der Waals surface area (Å²) in [6, 6.07) is 1.84. The van der Waals surface area contributed by atoms with Gasteiger partial charge in [0.15, 0.2) is 5.03 Å². The molecule has 0 fully saturated rings. The van der Waals surface area contributed by atoms with E-state index in [1.807, 2.05) is 45.8 Å². The monoisotopic (exact) mass is 352 g/mol. The van der Waals surface area contributed by atoms with Crippen molar-refractivity contribution in [2.24, 2.45) is 7.05 Å². The van der Waals surface area contributed by atoms with Crippen LogP contribution in [-0.4, -0.2) is 42.0 Å². The highest BCUT2D eigenvalue weighted by atomic mass is 32.2. The summed E-state index contributed by atoms with van der Waals surface area (Å²) in [4.78, 5) is 14.7. The van der Waals surface area contributed by atoms with Gasteiger partial charge in [0.25, 0.3) is 10.0 Å². The van der Waals surface area contributed by atoms with Gasteiger partial charge in [-0.15, -0.1) is 0 Å². The van der Waals surface area contributed by atoms with E-state index < -0.39 is 10.0 Å². The molecule has 2 rings (SSSR count). The third-order valence-electron chi connectivity index (χ3n) is 3.45. The Morgan fingerprint density at radius 1 is 1.25 bits per heavy atom. The third-order valence-corrected chi connectivity index (χ3v) is 4.72. The lowest BCUT2D eigenvalue weighted by Crippen LogP contribution is -2.25. The molecule has 0 saturated heterocycles. The topological polar surface area (TPSA) is 93.0 Å². The largest absolute Gasteiger partial charge is 0.363 e. The van der Waals surface area contributed by atoms with Crippen molar-refractivity contribution in [1.82, 2.24) is 24.2 Å². The van der Waals surface area contributed by atoms with Gasteiger partial charge < -0.3 is 9.47 Å². The molecule has 2 heterocycles. The van der Waals surface area contributed by atoms with Crippen molar-refractivity contribution in [3.05, 3.63) is 29.6 Å². The minimum Gasteiger partial charge on any atom is -0.363 e. The van der Waals surface area contributed by atoms with Crippen LogP contribution in [0.2, 0.25) is 0 Å². The highest BCUT2D eigenvalue weighted by Gasteiger charge is 2.21. The second-order valence-electron chi connectivity index (χ2n) is 6.21. The average Bonchev–Trinajstić information content (AvgIpc) is 2.88. The Hall–Kier alpha value is -2.00. The number of nitrogens with zero attached hydrogens (tertiary/aromatic N) is 5. The lowest BCUT2D eigenvalue weighted by Gasteiger charge is -2.13. The van der Waals surface area contributed by atoms with Gasteiger partial charge in [-0.3, -0.25) is 0 Å². The SMILES string of the molecule is Cc1cc(N(C)C)nc(CNS(=O)(=O)c2cn(C)c(C(C)C)n2)n1. The zero-order valence-corrected chi connectivity index (χ0v) is 15.7. The maximum absolute atomic E-state index is 12.4. The fourth-order valence-corrected chi connectivity index (χ4v) is 3.25. The Balaban J connectivity index is 2.20. The third kappa shape index (κ3) is 4.09. The predicted molar refractivity (Wildman–Crippen MR) is 92.4 cm³/mol. The number of hydrogen-bond acceptors (Lipinski definition) is 6. The Bertz CT molecular complexity index is 826. The maximum atomic E-state index is 12.4. The van der Waals surface area contributed by atoms with Crippen LogP contribution in [0, 0.1) is 6.92 Å². The number of hydrogen-bond donors (Lipinski definition) is 1. The van der Waals surface area contributed by atoms with E-state index >= 15 is 0 Å². The summed E-state index contributed by atoms with van der Waals surface area (Å²) in [7, 11) is 1.82. The van der Waals surface area contributed by atoms with Crippen molar-refractivity contribution >= 4 is 15.8 Å². The van der Waals surface area contributed by atoms with Crippen molar-refractivity contribution in [2.75, 3.05) is 19.0 Å². The van der Waals surface area contributed by atoms with Gasteiger partial charge in [0.2, 0.25) is 0 Å². The van der Waals surface area contributed by atoms with Crippen molar-refractivity contribution in [1.29, 1.82) is 0 Å². The summed E-state index contributed by atoms with van der Waals surface area (Å²) < 4.78 is 29.1. The molecular formula is C15H24N6O2S.